The number of amides is 2. The highest BCUT2D eigenvalue weighted by molar-refractivity contribution is 6.38. The lowest BCUT2D eigenvalue weighted by molar-refractivity contribution is -0.137. The molecule has 0 spiro atoms. The van der Waals surface area contributed by atoms with Gasteiger partial charge in [-0.3, -0.25) is 24.4 Å². The highest BCUT2D eigenvalue weighted by atomic mass is 16.5. The van der Waals surface area contributed by atoms with Crippen molar-refractivity contribution >= 4 is 17.6 Å². The van der Waals surface area contributed by atoms with Crippen LogP contribution in [0.2, 0.25) is 0 Å². The van der Waals surface area contributed by atoms with Gasteiger partial charge in [-0.1, -0.05) is 17.3 Å². The van der Waals surface area contributed by atoms with Gasteiger partial charge in [0.1, 0.15) is 6.04 Å². The fourth-order valence-corrected chi connectivity index (χ4v) is 2.44. The van der Waals surface area contributed by atoms with Gasteiger partial charge in [0, 0.05) is 24.5 Å². The van der Waals surface area contributed by atoms with Crippen LogP contribution in [-0.4, -0.2) is 38.8 Å². The number of hydrogen-bond donors (Lipinski definition) is 2. The molecule has 0 aliphatic heterocycles. The molecular formula is C18H15N5O4. The molecule has 0 fully saturated rings. The van der Waals surface area contributed by atoms with Gasteiger partial charge in [-0.15, -0.1) is 0 Å². The minimum atomic E-state index is -1.19. The molecule has 0 bridgehead atoms. The summed E-state index contributed by atoms with van der Waals surface area (Å²) in [4.78, 5) is 44.3. The first-order valence-corrected chi connectivity index (χ1v) is 7.96. The summed E-state index contributed by atoms with van der Waals surface area (Å²) in [5, 5.41) is 6.09. The summed E-state index contributed by atoms with van der Waals surface area (Å²) in [6.07, 6.45) is 4.45. The number of carbonyl (C=O) groups is 3. The minimum Gasteiger partial charge on any atom is -0.363 e. The zero-order chi connectivity index (χ0) is 19.2. The van der Waals surface area contributed by atoms with Crippen LogP contribution in [-0.2, 0) is 16.0 Å². The third kappa shape index (κ3) is 4.21. The zero-order valence-corrected chi connectivity index (χ0v) is 14.0. The molecule has 3 aromatic rings. The Bertz CT molecular complexity index is 956. The minimum absolute atomic E-state index is 0.00140. The Labute approximate surface area is 153 Å². The molecule has 0 saturated heterocycles. The second kappa shape index (κ2) is 8.00. The van der Waals surface area contributed by atoms with Gasteiger partial charge in [-0.05, 0) is 24.3 Å². The lowest BCUT2D eigenvalue weighted by Crippen LogP contribution is -2.47. The molecule has 0 saturated carbocycles. The molecule has 3 heterocycles. The molecule has 27 heavy (non-hydrogen) atoms. The first-order chi connectivity index (χ1) is 13.1. The van der Waals surface area contributed by atoms with Gasteiger partial charge in [0.05, 0.1) is 17.5 Å². The monoisotopic (exact) mass is 365 g/mol. The number of carbonyl (C=O) groups excluding carboxylic acids is 3. The smallest absolute Gasteiger partial charge is 0.291 e. The lowest BCUT2D eigenvalue weighted by Gasteiger charge is -2.15. The molecule has 0 aromatic carbocycles. The number of pyridine rings is 2. The molecule has 0 aliphatic carbocycles. The fraction of sp³-hybridized carbons (Fsp3) is 0.111. The third-order valence-electron chi connectivity index (χ3n) is 3.72. The Kier molecular flexibility index (Phi) is 5.31. The van der Waals surface area contributed by atoms with E-state index in [1.54, 1.807) is 48.8 Å². The van der Waals surface area contributed by atoms with E-state index in [4.69, 9.17) is 10.3 Å². The molecule has 9 nitrogen and oxygen atoms in total. The maximum Gasteiger partial charge on any atom is 0.291 e. The Hall–Kier alpha value is -3.88. The van der Waals surface area contributed by atoms with E-state index in [1.807, 2.05) is 0 Å². The number of ketones is 1. The maximum atomic E-state index is 12.6. The highest BCUT2D eigenvalue weighted by Crippen LogP contribution is 2.21. The Morgan fingerprint density at radius 3 is 2.44 bits per heavy atom. The number of nitrogens with two attached hydrogens (primary N) is 1. The van der Waals surface area contributed by atoms with E-state index in [1.165, 1.54) is 6.20 Å². The predicted molar refractivity (Wildman–Crippen MR) is 93.1 cm³/mol. The summed E-state index contributed by atoms with van der Waals surface area (Å²) >= 11 is 0. The van der Waals surface area contributed by atoms with Crippen LogP contribution in [0.4, 0.5) is 0 Å². The Morgan fingerprint density at radius 2 is 1.81 bits per heavy atom. The molecule has 9 heteroatoms. The fourth-order valence-electron chi connectivity index (χ4n) is 2.44. The summed E-state index contributed by atoms with van der Waals surface area (Å²) in [5.74, 6) is -2.94. The van der Waals surface area contributed by atoms with Crippen LogP contribution >= 0.6 is 0 Å². The molecule has 3 aromatic heterocycles. The first kappa shape index (κ1) is 17.9. The first-order valence-electron chi connectivity index (χ1n) is 7.96. The molecule has 2 amide bonds. The van der Waals surface area contributed by atoms with E-state index in [9.17, 15) is 14.4 Å². The second-order valence-electron chi connectivity index (χ2n) is 5.56. The van der Waals surface area contributed by atoms with Crippen molar-refractivity contribution in [2.75, 3.05) is 0 Å². The van der Waals surface area contributed by atoms with Crippen molar-refractivity contribution in [1.82, 2.24) is 20.4 Å². The van der Waals surface area contributed by atoms with Crippen LogP contribution in [0.1, 0.15) is 16.2 Å². The highest BCUT2D eigenvalue weighted by Gasteiger charge is 2.29. The van der Waals surface area contributed by atoms with Crippen molar-refractivity contribution in [2.24, 2.45) is 5.73 Å². The van der Waals surface area contributed by atoms with Crippen LogP contribution in [0.25, 0.3) is 11.3 Å². The van der Waals surface area contributed by atoms with Crippen LogP contribution in [0.5, 0.6) is 0 Å². The molecule has 136 valence electrons. The van der Waals surface area contributed by atoms with Crippen molar-refractivity contribution in [3.8, 4) is 11.3 Å². The summed E-state index contributed by atoms with van der Waals surface area (Å²) in [6, 6.07) is 9.07. The van der Waals surface area contributed by atoms with E-state index in [0.29, 0.717) is 17.0 Å². The number of rotatable bonds is 7. The molecule has 1 unspecified atom stereocenters. The van der Waals surface area contributed by atoms with Gasteiger partial charge in [0.2, 0.25) is 11.5 Å². The standard InChI is InChI=1S/C18H15N5O4/c19-17(25)15(24)14(9-11-5-1-3-7-20-11)23-18(26)16-12(10-22-27-16)13-6-2-4-8-21-13/h1-8,10,14H,9H2,(H2,19,25)(H,23,26). The number of nitrogens with one attached hydrogen (secondary N) is 1. The lowest BCUT2D eigenvalue weighted by atomic mass is 10.0. The molecule has 0 aliphatic rings. The van der Waals surface area contributed by atoms with Gasteiger partial charge < -0.3 is 15.6 Å². The van der Waals surface area contributed by atoms with Crippen LogP contribution in [0.3, 0.4) is 0 Å². The Balaban J connectivity index is 1.84. The van der Waals surface area contributed by atoms with Gasteiger partial charge >= 0.3 is 0 Å². The van der Waals surface area contributed by atoms with E-state index in [-0.39, 0.29) is 12.2 Å². The van der Waals surface area contributed by atoms with Gasteiger partial charge in [0.25, 0.3) is 11.8 Å². The summed E-state index contributed by atoms with van der Waals surface area (Å²) in [6.45, 7) is 0. The number of nitrogens with zero attached hydrogens (tertiary/aromatic N) is 3. The molecule has 0 radical (unpaired) electrons. The van der Waals surface area contributed by atoms with E-state index in [0.717, 1.165) is 0 Å². The Morgan fingerprint density at radius 1 is 1.07 bits per heavy atom. The number of aromatic nitrogens is 3. The van der Waals surface area contributed by atoms with E-state index >= 15 is 0 Å². The van der Waals surface area contributed by atoms with E-state index < -0.39 is 23.6 Å². The van der Waals surface area contributed by atoms with Gasteiger partial charge in [-0.2, -0.15) is 0 Å². The summed E-state index contributed by atoms with van der Waals surface area (Å²) < 4.78 is 5.03. The quantitative estimate of drug-likeness (QED) is 0.582. The third-order valence-corrected chi connectivity index (χ3v) is 3.72. The SMILES string of the molecule is NC(=O)C(=O)C(Cc1ccccn1)NC(=O)c1oncc1-c1ccccn1. The normalized spacial score (nSPS) is 11.6. The van der Waals surface area contributed by atoms with E-state index in [2.05, 4.69) is 20.4 Å². The zero-order valence-electron chi connectivity index (χ0n) is 14.0. The topological polar surface area (TPSA) is 141 Å². The average molecular weight is 365 g/mol. The number of primary amides is 1. The van der Waals surface area contributed by atoms with Crippen molar-refractivity contribution in [3.05, 3.63) is 66.4 Å². The van der Waals surface area contributed by atoms with Crippen LogP contribution in [0, 0.1) is 0 Å². The molecule has 1 atom stereocenters. The maximum absolute atomic E-state index is 12.6. The number of Topliss-reactive ketones (excluding diaryl/α,β-unsaturated/α-hetero) is 1. The molecular weight excluding hydrogens is 350 g/mol. The summed E-state index contributed by atoms with van der Waals surface area (Å²) in [7, 11) is 0. The largest absolute Gasteiger partial charge is 0.363 e. The summed E-state index contributed by atoms with van der Waals surface area (Å²) in [5.41, 5.74) is 6.45. The molecule has 3 N–H and O–H groups in total. The van der Waals surface area contributed by atoms with Gasteiger partial charge in [0.15, 0.2) is 0 Å². The van der Waals surface area contributed by atoms with Gasteiger partial charge in [-0.25, -0.2) is 0 Å². The number of hydrogen-bond acceptors (Lipinski definition) is 7. The van der Waals surface area contributed by atoms with Crippen LogP contribution < -0.4 is 11.1 Å². The van der Waals surface area contributed by atoms with Crippen LogP contribution in [0.15, 0.2) is 59.5 Å². The second-order valence-corrected chi connectivity index (χ2v) is 5.56. The van der Waals surface area contributed by atoms with Crippen molar-refractivity contribution in [1.29, 1.82) is 0 Å². The predicted octanol–water partition coefficient (Wildman–Crippen LogP) is 0.527. The van der Waals surface area contributed by atoms with Crippen molar-refractivity contribution < 1.29 is 18.9 Å². The van der Waals surface area contributed by atoms with Crippen molar-refractivity contribution in [2.45, 2.75) is 12.5 Å². The molecule has 3 rings (SSSR count). The van der Waals surface area contributed by atoms with Crippen molar-refractivity contribution in [3.63, 3.8) is 0 Å². The average Bonchev–Trinajstić information content (AvgIpc) is 3.18.